The maximum absolute atomic E-state index is 12.9. The summed E-state index contributed by atoms with van der Waals surface area (Å²) in [6, 6.07) is 1.53. The zero-order chi connectivity index (χ0) is 18.9. The van der Waals surface area contributed by atoms with Gasteiger partial charge in [0.15, 0.2) is 0 Å². The highest BCUT2D eigenvalue weighted by Crippen LogP contribution is 2.56. The minimum atomic E-state index is -5.85. The quantitative estimate of drug-likeness (QED) is 0.424. The van der Waals surface area contributed by atoms with Crippen molar-refractivity contribution in [2.24, 2.45) is 0 Å². The van der Waals surface area contributed by atoms with Crippen molar-refractivity contribution in [3.63, 3.8) is 0 Å². The Balaban J connectivity index is 3.14. The lowest BCUT2D eigenvalue weighted by molar-refractivity contribution is -0.0500. The molecule has 1 aromatic rings. The van der Waals surface area contributed by atoms with E-state index in [9.17, 15) is 30.9 Å². The average Bonchev–Trinajstić information content (AvgIpc) is 2.39. The Morgan fingerprint density at radius 1 is 1.21 bits per heavy atom. The van der Waals surface area contributed by atoms with Gasteiger partial charge in [0.1, 0.15) is 12.9 Å². The van der Waals surface area contributed by atoms with Crippen molar-refractivity contribution in [3.8, 4) is 5.75 Å². The van der Waals surface area contributed by atoms with Crippen LogP contribution in [0.1, 0.15) is 27.7 Å². The Hall–Kier alpha value is -1.28. The zero-order valence-corrected chi connectivity index (χ0v) is 15.3. The lowest BCUT2D eigenvalue weighted by atomic mass is 10.4. The molecule has 11 heteroatoms. The van der Waals surface area contributed by atoms with Crippen LogP contribution in [-0.4, -0.2) is 29.8 Å². The molecule has 0 radical (unpaired) electrons. The third-order valence-corrected chi connectivity index (χ3v) is 8.80. The van der Waals surface area contributed by atoms with Crippen molar-refractivity contribution < 1.29 is 30.3 Å². The number of rotatable bonds is 6. The molecule has 138 valence electrons. The van der Waals surface area contributed by atoms with Crippen LogP contribution in [0.5, 0.6) is 5.75 Å². The van der Waals surface area contributed by atoms with Crippen molar-refractivity contribution in [1.82, 2.24) is 4.57 Å². The van der Waals surface area contributed by atoms with Gasteiger partial charge in [-0.1, -0.05) is 27.7 Å². The predicted octanol–water partition coefficient (Wildman–Crippen LogP) is 3.21. The predicted molar refractivity (Wildman–Crippen MR) is 84.2 cm³/mol. The number of pyridine rings is 1. The zero-order valence-electron chi connectivity index (χ0n) is 13.6. The minimum Gasteiger partial charge on any atom is -0.376 e. The topological polar surface area (TPSA) is 82.4 Å². The summed E-state index contributed by atoms with van der Waals surface area (Å²) in [6.07, 6.45) is 0.981. The van der Waals surface area contributed by atoms with Gasteiger partial charge < -0.3 is 13.3 Å². The van der Waals surface area contributed by atoms with Crippen LogP contribution in [0.4, 0.5) is 13.2 Å². The molecular formula is C13H19F3NO5PS. The molecule has 0 fully saturated rings. The summed E-state index contributed by atoms with van der Waals surface area (Å²) in [5, 5.41) is 0. The number of halogens is 3. The van der Waals surface area contributed by atoms with E-state index in [0.717, 1.165) is 16.8 Å². The molecule has 0 amide bonds. The van der Waals surface area contributed by atoms with Gasteiger partial charge in [-0.3, -0.25) is 4.79 Å². The van der Waals surface area contributed by atoms with Gasteiger partial charge in [-0.15, -0.1) is 0 Å². The van der Waals surface area contributed by atoms with Gasteiger partial charge in [0.2, 0.25) is 0 Å². The summed E-state index contributed by atoms with van der Waals surface area (Å²) in [5.74, 6) is -0.752. The van der Waals surface area contributed by atoms with Crippen LogP contribution in [0, 0.1) is 0 Å². The van der Waals surface area contributed by atoms with Crippen LogP contribution < -0.4 is 9.74 Å². The first kappa shape index (κ1) is 20.8. The SMILES string of the molecule is CC(C)P(=O)(Cn1ccc(OS(=O)(=O)C(F)(F)F)cc1=O)C(C)C. The second-order valence-corrected chi connectivity index (χ2v) is 11.4. The van der Waals surface area contributed by atoms with E-state index in [2.05, 4.69) is 4.18 Å². The lowest BCUT2D eigenvalue weighted by Gasteiger charge is -2.26. The van der Waals surface area contributed by atoms with Crippen molar-refractivity contribution >= 4 is 17.3 Å². The molecule has 0 unspecified atom stereocenters. The van der Waals surface area contributed by atoms with Crippen molar-refractivity contribution in [2.75, 3.05) is 0 Å². The van der Waals surface area contributed by atoms with Crippen LogP contribution in [-0.2, 0) is 21.0 Å². The monoisotopic (exact) mass is 389 g/mol. The Morgan fingerprint density at radius 2 is 1.71 bits per heavy atom. The Bertz CT molecular complexity index is 787. The van der Waals surface area contributed by atoms with Crippen LogP contribution in [0.25, 0.3) is 0 Å². The van der Waals surface area contributed by atoms with Crippen LogP contribution in [0.2, 0.25) is 0 Å². The second-order valence-electron chi connectivity index (χ2n) is 5.84. The molecule has 1 rings (SSSR count). The van der Waals surface area contributed by atoms with Crippen molar-refractivity contribution in [1.29, 1.82) is 0 Å². The van der Waals surface area contributed by atoms with Gasteiger partial charge in [-0.2, -0.15) is 21.6 Å². The molecule has 1 heterocycles. The molecule has 6 nitrogen and oxygen atoms in total. The standard InChI is InChI=1S/C13H19F3NO5PS/c1-9(2)23(19,10(3)4)8-17-6-5-11(7-12(17)18)22-24(20,21)13(14,15)16/h5-7,9-10H,8H2,1-4H3. The van der Waals surface area contributed by atoms with Crippen molar-refractivity contribution in [3.05, 3.63) is 28.7 Å². The molecule has 0 aromatic carbocycles. The van der Waals surface area contributed by atoms with E-state index in [0.29, 0.717) is 6.07 Å². The van der Waals surface area contributed by atoms with E-state index < -0.39 is 34.1 Å². The van der Waals surface area contributed by atoms with Gasteiger partial charge in [0, 0.05) is 23.6 Å². The number of hydrogen-bond donors (Lipinski definition) is 0. The van der Waals surface area contributed by atoms with Gasteiger partial charge in [-0.05, 0) is 6.07 Å². The summed E-state index contributed by atoms with van der Waals surface area (Å²) in [6.45, 7) is 7.05. The van der Waals surface area contributed by atoms with Crippen LogP contribution >= 0.6 is 7.14 Å². The molecule has 0 aliphatic heterocycles. The molecule has 0 N–H and O–H groups in total. The normalized spacial score (nSPS) is 13.5. The fraction of sp³-hybridized carbons (Fsp3) is 0.615. The van der Waals surface area contributed by atoms with E-state index >= 15 is 0 Å². The molecule has 0 saturated carbocycles. The summed E-state index contributed by atoms with van der Waals surface area (Å²) in [5.41, 5.74) is -6.77. The highest BCUT2D eigenvalue weighted by Gasteiger charge is 2.48. The number of nitrogens with zero attached hydrogens (tertiary/aromatic N) is 1. The minimum absolute atomic E-state index is 0.0898. The van der Waals surface area contributed by atoms with Crippen LogP contribution in [0.15, 0.2) is 23.1 Å². The smallest absolute Gasteiger partial charge is 0.376 e. The molecule has 0 atom stereocenters. The van der Waals surface area contributed by atoms with E-state index in [1.165, 1.54) is 0 Å². The Morgan fingerprint density at radius 3 is 2.08 bits per heavy atom. The molecule has 24 heavy (non-hydrogen) atoms. The van der Waals surface area contributed by atoms with E-state index in [4.69, 9.17) is 0 Å². The Kier molecular flexibility index (Phi) is 5.98. The lowest BCUT2D eigenvalue weighted by Crippen LogP contribution is -2.29. The third-order valence-electron chi connectivity index (χ3n) is 3.58. The first-order chi connectivity index (χ1) is 10.7. The molecule has 0 saturated heterocycles. The van der Waals surface area contributed by atoms with Crippen LogP contribution in [0.3, 0.4) is 0 Å². The maximum atomic E-state index is 12.9. The average molecular weight is 389 g/mol. The molecule has 0 aliphatic carbocycles. The van der Waals surface area contributed by atoms with Gasteiger partial charge in [0.25, 0.3) is 5.56 Å². The molecule has 0 aliphatic rings. The summed E-state index contributed by atoms with van der Waals surface area (Å²) < 4.78 is 76.6. The highest BCUT2D eigenvalue weighted by molar-refractivity contribution is 7.88. The third kappa shape index (κ3) is 4.42. The second kappa shape index (κ2) is 6.92. The molecule has 1 aromatic heterocycles. The fourth-order valence-electron chi connectivity index (χ4n) is 1.99. The number of aromatic nitrogens is 1. The molecule has 0 bridgehead atoms. The highest BCUT2D eigenvalue weighted by atomic mass is 32.2. The molecule has 0 spiro atoms. The first-order valence-electron chi connectivity index (χ1n) is 7.00. The van der Waals surface area contributed by atoms with E-state index in [1.54, 1.807) is 27.7 Å². The summed E-state index contributed by atoms with van der Waals surface area (Å²) >= 11 is 0. The fourth-order valence-corrected chi connectivity index (χ4v) is 5.00. The largest absolute Gasteiger partial charge is 0.534 e. The van der Waals surface area contributed by atoms with E-state index in [-0.39, 0.29) is 17.6 Å². The summed E-state index contributed by atoms with van der Waals surface area (Å²) in [4.78, 5) is 12.0. The number of hydrogen-bond acceptors (Lipinski definition) is 5. The van der Waals surface area contributed by atoms with Gasteiger partial charge in [0.05, 0.1) is 6.29 Å². The molecular weight excluding hydrogens is 370 g/mol. The number of alkyl halides is 3. The van der Waals surface area contributed by atoms with Gasteiger partial charge in [-0.25, -0.2) is 0 Å². The van der Waals surface area contributed by atoms with E-state index in [1.807, 2.05) is 0 Å². The van der Waals surface area contributed by atoms with Gasteiger partial charge >= 0.3 is 15.6 Å². The Labute approximate surface area is 138 Å². The first-order valence-corrected chi connectivity index (χ1v) is 10.4. The maximum Gasteiger partial charge on any atom is 0.534 e. The summed E-state index contributed by atoms with van der Waals surface area (Å²) in [7, 11) is -8.62. The van der Waals surface area contributed by atoms with Crippen molar-refractivity contribution in [2.45, 2.75) is 50.8 Å².